The van der Waals surface area contributed by atoms with Crippen LogP contribution in [0.15, 0.2) is 23.1 Å². The highest BCUT2D eigenvalue weighted by atomic mass is 35.5. The number of rotatable bonds is 4. The van der Waals surface area contributed by atoms with Crippen molar-refractivity contribution in [1.29, 1.82) is 0 Å². The number of nitrogens with one attached hydrogen (secondary N) is 1. The molecule has 2 N–H and O–H groups in total. The van der Waals surface area contributed by atoms with Gasteiger partial charge in [0.05, 0.1) is 22.0 Å². The van der Waals surface area contributed by atoms with Gasteiger partial charge in [0.2, 0.25) is 10.0 Å². The molecule has 1 aromatic carbocycles. The van der Waals surface area contributed by atoms with Crippen molar-refractivity contribution in [3.8, 4) is 0 Å². The number of likely N-dealkylation sites (N-methyl/N-ethyl adjacent to an activating group) is 1. The van der Waals surface area contributed by atoms with Crippen molar-refractivity contribution >= 4 is 27.3 Å². The predicted molar refractivity (Wildman–Crippen MR) is 75.7 cm³/mol. The van der Waals surface area contributed by atoms with Crippen LogP contribution in [0.5, 0.6) is 0 Å². The first kappa shape index (κ1) is 16.1. The van der Waals surface area contributed by atoms with Gasteiger partial charge < -0.3 is 10.4 Å². The van der Waals surface area contributed by atoms with Gasteiger partial charge in [0.25, 0.3) is 5.69 Å². The molecule has 0 aromatic heterocycles. The highest BCUT2D eigenvalue weighted by Crippen LogP contribution is 2.29. The van der Waals surface area contributed by atoms with Gasteiger partial charge in [-0.1, -0.05) is 11.6 Å². The zero-order valence-electron chi connectivity index (χ0n) is 11.1. The van der Waals surface area contributed by atoms with E-state index in [0.29, 0.717) is 13.1 Å². The van der Waals surface area contributed by atoms with Gasteiger partial charge in [-0.15, -0.1) is 0 Å². The number of β-amino-alcohol motifs (C(OH)–C–C–N with tert-alkyl or cyclic N) is 1. The Labute approximate surface area is 126 Å². The second-order valence-corrected chi connectivity index (χ2v) is 7.09. The monoisotopic (exact) mass is 335 g/mol. The van der Waals surface area contributed by atoms with Crippen LogP contribution in [0.3, 0.4) is 0 Å². The summed E-state index contributed by atoms with van der Waals surface area (Å²) in [5.74, 6) is 0. The smallest absolute Gasteiger partial charge is 0.289 e. The molecule has 1 aliphatic heterocycles. The predicted octanol–water partition coefficient (Wildman–Crippen LogP) is 0.201. The topological polar surface area (TPSA) is 113 Å². The first-order valence-corrected chi connectivity index (χ1v) is 7.87. The van der Waals surface area contributed by atoms with Crippen LogP contribution >= 0.6 is 11.6 Å². The SMILES string of the molecule is CN([C@@H]1CNC[C@H]1O)S(=O)(=O)c1ccc(Cl)c([N+](=O)[O-])c1. The van der Waals surface area contributed by atoms with Crippen molar-refractivity contribution in [2.45, 2.75) is 17.0 Å². The Kier molecular flexibility index (Phi) is 4.49. The Hall–Kier alpha value is -1.26. The van der Waals surface area contributed by atoms with Crippen LogP contribution in [-0.2, 0) is 10.0 Å². The molecule has 0 aliphatic carbocycles. The Morgan fingerprint density at radius 2 is 2.14 bits per heavy atom. The average Bonchev–Trinajstić information content (AvgIpc) is 2.83. The van der Waals surface area contributed by atoms with Crippen molar-refractivity contribution in [2.75, 3.05) is 20.1 Å². The van der Waals surface area contributed by atoms with Crippen LogP contribution < -0.4 is 5.32 Å². The fourth-order valence-corrected chi connectivity index (χ4v) is 3.75. The lowest BCUT2D eigenvalue weighted by Crippen LogP contribution is -2.44. The van der Waals surface area contributed by atoms with E-state index < -0.39 is 32.8 Å². The number of hydrogen-bond donors (Lipinski definition) is 2. The molecule has 0 spiro atoms. The van der Waals surface area contributed by atoms with Gasteiger partial charge in [-0.2, -0.15) is 4.31 Å². The number of nitrogens with zero attached hydrogens (tertiary/aromatic N) is 2. The van der Waals surface area contributed by atoms with Crippen LogP contribution in [0.4, 0.5) is 5.69 Å². The minimum atomic E-state index is -3.96. The maximum Gasteiger partial charge on any atom is 0.289 e. The molecular formula is C11H14ClN3O5S. The van der Waals surface area contributed by atoms with Crippen molar-refractivity contribution in [3.63, 3.8) is 0 Å². The van der Waals surface area contributed by atoms with Crippen LogP contribution in [-0.4, -0.2) is 55.0 Å². The van der Waals surface area contributed by atoms with Gasteiger partial charge in [0.15, 0.2) is 0 Å². The molecule has 2 atom stereocenters. The van der Waals surface area contributed by atoms with E-state index in [9.17, 15) is 23.6 Å². The molecule has 0 bridgehead atoms. The summed E-state index contributed by atoms with van der Waals surface area (Å²) in [4.78, 5) is 9.86. The standard InChI is InChI=1S/C11H14ClN3O5S/c1-14(10-5-13-6-11(10)16)21(19,20)7-2-3-8(12)9(4-7)15(17)18/h2-4,10-11,13,16H,5-6H2,1H3/t10-,11-/m1/s1. The lowest BCUT2D eigenvalue weighted by molar-refractivity contribution is -0.384. The van der Waals surface area contributed by atoms with Crippen LogP contribution in [0.1, 0.15) is 0 Å². The molecule has 1 aliphatic rings. The number of nitro benzene ring substituents is 1. The minimum absolute atomic E-state index is 0.135. The fraction of sp³-hybridized carbons (Fsp3) is 0.455. The van der Waals surface area contributed by atoms with Crippen LogP contribution in [0, 0.1) is 10.1 Å². The summed E-state index contributed by atoms with van der Waals surface area (Å²) in [5.41, 5.74) is -0.476. The Bertz CT molecular complexity index is 666. The van der Waals surface area contributed by atoms with Gasteiger partial charge in [-0.05, 0) is 12.1 Å². The summed E-state index contributed by atoms with van der Waals surface area (Å²) in [5, 5.41) is 23.3. The Balaban J connectivity index is 2.39. The molecular weight excluding hydrogens is 322 g/mol. The lowest BCUT2D eigenvalue weighted by atomic mass is 10.2. The Morgan fingerprint density at radius 1 is 1.48 bits per heavy atom. The lowest BCUT2D eigenvalue weighted by Gasteiger charge is -2.25. The Morgan fingerprint density at radius 3 is 2.67 bits per heavy atom. The van der Waals surface area contributed by atoms with Crippen molar-refractivity contribution in [2.24, 2.45) is 0 Å². The highest BCUT2D eigenvalue weighted by molar-refractivity contribution is 7.89. The van der Waals surface area contributed by atoms with E-state index in [1.165, 1.54) is 19.2 Å². The largest absolute Gasteiger partial charge is 0.390 e. The molecule has 1 aromatic rings. The number of sulfonamides is 1. The molecule has 0 saturated carbocycles. The van der Waals surface area contributed by atoms with E-state index in [1.54, 1.807) is 0 Å². The van der Waals surface area contributed by atoms with E-state index in [1.807, 2.05) is 0 Å². The molecule has 2 rings (SSSR count). The third-order valence-corrected chi connectivity index (χ3v) is 5.61. The van der Waals surface area contributed by atoms with Crippen molar-refractivity contribution < 1.29 is 18.4 Å². The van der Waals surface area contributed by atoms with Gasteiger partial charge >= 0.3 is 0 Å². The van der Waals surface area contributed by atoms with E-state index in [4.69, 9.17) is 11.6 Å². The number of benzene rings is 1. The number of aliphatic hydroxyl groups excluding tert-OH is 1. The maximum atomic E-state index is 12.5. The summed E-state index contributed by atoms with van der Waals surface area (Å²) in [6, 6.07) is 2.67. The van der Waals surface area contributed by atoms with Gasteiger partial charge in [-0.25, -0.2) is 8.42 Å². The number of hydrogen-bond acceptors (Lipinski definition) is 6. The highest BCUT2D eigenvalue weighted by Gasteiger charge is 2.36. The fourth-order valence-electron chi connectivity index (χ4n) is 2.16. The molecule has 10 heteroatoms. The molecule has 0 unspecified atom stereocenters. The molecule has 8 nitrogen and oxygen atoms in total. The van der Waals surface area contributed by atoms with Gasteiger partial charge in [0, 0.05) is 26.2 Å². The summed E-state index contributed by atoms with van der Waals surface area (Å²) in [6.07, 6.45) is -0.827. The quantitative estimate of drug-likeness (QED) is 0.600. The zero-order valence-corrected chi connectivity index (χ0v) is 12.6. The van der Waals surface area contributed by atoms with E-state index in [0.717, 1.165) is 10.4 Å². The minimum Gasteiger partial charge on any atom is -0.390 e. The number of halogens is 1. The molecule has 116 valence electrons. The normalized spacial score (nSPS) is 22.7. The molecule has 1 heterocycles. The second-order valence-electron chi connectivity index (χ2n) is 4.68. The zero-order chi connectivity index (χ0) is 15.8. The number of aliphatic hydroxyl groups is 1. The molecule has 1 saturated heterocycles. The first-order valence-electron chi connectivity index (χ1n) is 6.06. The average molecular weight is 336 g/mol. The van der Waals surface area contributed by atoms with Crippen LogP contribution in [0.25, 0.3) is 0 Å². The first-order chi connectivity index (χ1) is 9.75. The molecule has 0 radical (unpaired) electrons. The number of nitro groups is 1. The summed E-state index contributed by atoms with van der Waals surface area (Å²) < 4.78 is 26.0. The van der Waals surface area contributed by atoms with E-state index in [2.05, 4.69) is 5.32 Å². The molecule has 1 fully saturated rings. The van der Waals surface area contributed by atoms with Crippen LogP contribution in [0.2, 0.25) is 5.02 Å². The summed E-state index contributed by atoms with van der Waals surface area (Å²) in [6.45, 7) is 0.609. The summed E-state index contributed by atoms with van der Waals surface area (Å²) in [7, 11) is -2.63. The van der Waals surface area contributed by atoms with E-state index in [-0.39, 0.29) is 9.92 Å². The van der Waals surface area contributed by atoms with Crippen molar-refractivity contribution in [1.82, 2.24) is 9.62 Å². The third-order valence-electron chi connectivity index (χ3n) is 3.41. The van der Waals surface area contributed by atoms with Crippen molar-refractivity contribution in [3.05, 3.63) is 33.3 Å². The van der Waals surface area contributed by atoms with Gasteiger partial charge in [0.1, 0.15) is 5.02 Å². The molecule has 21 heavy (non-hydrogen) atoms. The maximum absolute atomic E-state index is 12.5. The second kappa shape index (κ2) is 5.85. The third kappa shape index (κ3) is 3.01. The molecule has 0 amide bonds. The summed E-state index contributed by atoms with van der Waals surface area (Å²) >= 11 is 5.67. The van der Waals surface area contributed by atoms with Gasteiger partial charge in [-0.3, -0.25) is 10.1 Å². The van der Waals surface area contributed by atoms with E-state index >= 15 is 0 Å².